The standard InChI is InChI=1S/C22H33N5O3/c1-14(2)19-13-18(23-27(19)22(5,6)7)21(29)26-10-8-25(9-11-26)20(28)12-17-15(3)24-30-16(17)4/h13-14H,8-12H2,1-7H3. The number of hydrogen-bond donors (Lipinski definition) is 0. The molecule has 0 N–H and O–H groups in total. The molecule has 1 saturated heterocycles. The van der Waals surface area contributed by atoms with Crippen molar-refractivity contribution in [2.75, 3.05) is 26.2 Å². The van der Waals surface area contributed by atoms with Crippen LogP contribution >= 0.6 is 0 Å². The molecule has 1 aliphatic heterocycles. The number of aryl methyl sites for hydroxylation is 2. The van der Waals surface area contributed by atoms with Gasteiger partial charge in [0.2, 0.25) is 5.91 Å². The summed E-state index contributed by atoms with van der Waals surface area (Å²) < 4.78 is 7.10. The van der Waals surface area contributed by atoms with E-state index in [0.29, 0.717) is 37.6 Å². The van der Waals surface area contributed by atoms with Gasteiger partial charge >= 0.3 is 0 Å². The van der Waals surface area contributed by atoms with Gasteiger partial charge in [0.05, 0.1) is 17.7 Å². The highest BCUT2D eigenvalue weighted by Gasteiger charge is 2.29. The third-order valence-corrected chi connectivity index (χ3v) is 5.61. The summed E-state index contributed by atoms with van der Waals surface area (Å²) in [6.45, 7) is 16.2. The van der Waals surface area contributed by atoms with Crippen molar-refractivity contribution in [2.24, 2.45) is 0 Å². The third-order valence-electron chi connectivity index (χ3n) is 5.61. The molecule has 1 aliphatic rings. The van der Waals surface area contributed by atoms with Gasteiger partial charge in [-0.25, -0.2) is 0 Å². The fourth-order valence-electron chi connectivity index (χ4n) is 3.79. The van der Waals surface area contributed by atoms with Gasteiger partial charge in [-0.3, -0.25) is 14.3 Å². The van der Waals surface area contributed by atoms with E-state index in [1.807, 2.05) is 29.5 Å². The van der Waals surface area contributed by atoms with Gasteiger partial charge in [0.25, 0.3) is 5.91 Å². The highest BCUT2D eigenvalue weighted by atomic mass is 16.5. The SMILES string of the molecule is Cc1noc(C)c1CC(=O)N1CCN(C(=O)c2cc(C(C)C)n(C(C)(C)C)n2)CC1. The van der Waals surface area contributed by atoms with Gasteiger partial charge in [0, 0.05) is 37.4 Å². The predicted octanol–water partition coefficient (Wildman–Crippen LogP) is 2.89. The molecule has 30 heavy (non-hydrogen) atoms. The minimum atomic E-state index is -0.193. The summed E-state index contributed by atoms with van der Waals surface area (Å²) in [5.41, 5.74) is 2.95. The first-order valence-electron chi connectivity index (χ1n) is 10.6. The maximum absolute atomic E-state index is 13.1. The van der Waals surface area contributed by atoms with Crippen LogP contribution in [-0.4, -0.2) is 62.7 Å². The number of amides is 2. The minimum Gasteiger partial charge on any atom is -0.361 e. The summed E-state index contributed by atoms with van der Waals surface area (Å²) in [5, 5.41) is 8.54. The van der Waals surface area contributed by atoms with E-state index in [2.05, 4.69) is 44.9 Å². The van der Waals surface area contributed by atoms with Gasteiger partial charge in [0.15, 0.2) is 5.69 Å². The van der Waals surface area contributed by atoms with E-state index < -0.39 is 0 Å². The first kappa shape index (κ1) is 22.1. The molecule has 8 heteroatoms. The Kier molecular flexibility index (Phi) is 6.06. The molecule has 0 spiro atoms. The zero-order chi connectivity index (χ0) is 22.2. The number of rotatable bonds is 4. The van der Waals surface area contributed by atoms with E-state index in [4.69, 9.17) is 4.52 Å². The van der Waals surface area contributed by atoms with E-state index in [1.165, 1.54) is 0 Å². The monoisotopic (exact) mass is 415 g/mol. The molecule has 0 aliphatic carbocycles. The van der Waals surface area contributed by atoms with E-state index in [1.54, 1.807) is 4.90 Å². The molecular formula is C22H33N5O3. The summed E-state index contributed by atoms with van der Waals surface area (Å²) >= 11 is 0. The Balaban J connectivity index is 1.65. The molecule has 3 heterocycles. The van der Waals surface area contributed by atoms with Crippen LogP contribution in [0.25, 0.3) is 0 Å². The Hall–Kier alpha value is -2.64. The molecule has 8 nitrogen and oxygen atoms in total. The maximum atomic E-state index is 13.1. The fraction of sp³-hybridized carbons (Fsp3) is 0.636. The lowest BCUT2D eigenvalue weighted by atomic mass is 10.1. The van der Waals surface area contributed by atoms with Gasteiger partial charge in [-0.1, -0.05) is 19.0 Å². The molecular weight excluding hydrogens is 382 g/mol. The maximum Gasteiger partial charge on any atom is 0.274 e. The summed E-state index contributed by atoms with van der Waals surface area (Å²) in [4.78, 5) is 29.3. The van der Waals surface area contributed by atoms with Crippen molar-refractivity contribution in [3.63, 3.8) is 0 Å². The van der Waals surface area contributed by atoms with E-state index >= 15 is 0 Å². The Morgan fingerprint density at radius 2 is 1.70 bits per heavy atom. The van der Waals surface area contributed by atoms with E-state index in [-0.39, 0.29) is 29.7 Å². The average Bonchev–Trinajstić information content (AvgIpc) is 3.27. The Morgan fingerprint density at radius 1 is 1.10 bits per heavy atom. The van der Waals surface area contributed by atoms with Gasteiger partial charge < -0.3 is 14.3 Å². The van der Waals surface area contributed by atoms with Gasteiger partial charge in [-0.15, -0.1) is 0 Å². The van der Waals surface area contributed by atoms with Crippen LogP contribution in [0.2, 0.25) is 0 Å². The Morgan fingerprint density at radius 3 is 2.17 bits per heavy atom. The van der Waals surface area contributed by atoms with Gasteiger partial charge in [-0.05, 0) is 46.6 Å². The molecule has 3 rings (SSSR count). The van der Waals surface area contributed by atoms with Crippen molar-refractivity contribution in [3.05, 3.63) is 34.5 Å². The van der Waals surface area contributed by atoms with Crippen molar-refractivity contribution in [1.82, 2.24) is 24.7 Å². The fourth-order valence-corrected chi connectivity index (χ4v) is 3.79. The lowest BCUT2D eigenvalue weighted by molar-refractivity contribution is -0.131. The van der Waals surface area contributed by atoms with Crippen LogP contribution in [0.1, 0.15) is 73.7 Å². The van der Waals surface area contributed by atoms with Crippen molar-refractivity contribution < 1.29 is 14.1 Å². The van der Waals surface area contributed by atoms with E-state index in [9.17, 15) is 9.59 Å². The molecule has 0 saturated carbocycles. The van der Waals surface area contributed by atoms with Crippen LogP contribution in [0.5, 0.6) is 0 Å². The number of aromatic nitrogens is 3. The summed E-state index contributed by atoms with van der Waals surface area (Å²) in [6, 6.07) is 1.91. The molecule has 0 aromatic carbocycles. The normalized spacial score (nSPS) is 15.2. The molecule has 1 fully saturated rings. The second-order valence-corrected chi connectivity index (χ2v) is 9.34. The molecule has 0 unspecified atom stereocenters. The van der Waals surface area contributed by atoms with Crippen molar-refractivity contribution in [3.8, 4) is 0 Å². The zero-order valence-corrected chi connectivity index (χ0v) is 19.2. The third kappa shape index (κ3) is 4.42. The van der Waals surface area contributed by atoms with Crippen molar-refractivity contribution >= 4 is 11.8 Å². The predicted molar refractivity (Wildman–Crippen MR) is 113 cm³/mol. The van der Waals surface area contributed by atoms with E-state index in [0.717, 1.165) is 17.0 Å². The molecule has 0 bridgehead atoms. The van der Waals surface area contributed by atoms with Crippen LogP contribution in [0.4, 0.5) is 0 Å². The average molecular weight is 416 g/mol. The smallest absolute Gasteiger partial charge is 0.274 e. The summed E-state index contributed by atoms with van der Waals surface area (Å²) in [6.07, 6.45) is 0.281. The molecule has 2 amide bonds. The zero-order valence-electron chi connectivity index (χ0n) is 19.2. The number of carbonyl (C=O) groups excluding carboxylic acids is 2. The molecule has 0 atom stereocenters. The highest BCUT2D eigenvalue weighted by molar-refractivity contribution is 5.92. The molecule has 0 radical (unpaired) electrons. The molecule has 2 aromatic heterocycles. The second-order valence-electron chi connectivity index (χ2n) is 9.34. The second kappa shape index (κ2) is 8.24. The first-order valence-corrected chi connectivity index (χ1v) is 10.6. The van der Waals surface area contributed by atoms with Crippen LogP contribution in [0.15, 0.2) is 10.6 Å². The largest absolute Gasteiger partial charge is 0.361 e. The quantitative estimate of drug-likeness (QED) is 0.767. The number of nitrogens with zero attached hydrogens (tertiary/aromatic N) is 5. The molecule has 2 aromatic rings. The van der Waals surface area contributed by atoms with Gasteiger partial charge in [-0.2, -0.15) is 5.10 Å². The minimum absolute atomic E-state index is 0.0376. The summed E-state index contributed by atoms with van der Waals surface area (Å²) in [5.74, 6) is 0.926. The topological polar surface area (TPSA) is 84.5 Å². The van der Waals surface area contributed by atoms with Crippen LogP contribution in [-0.2, 0) is 16.8 Å². The van der Waals surface area contributed by atoms with Crippen molar-refractivity contribution in [1.29, 1.82) is 0 Å². The van der Waals surface area contributed by atoms with Crippen molar-refractivity contribution in [2.45, 2.75) is 66.3 Å². The van der Waals surface area contributed by atoms with Crippen LogP contribution < -0.4 is 0 Å². The van der Waals surface area contributed by atoms with Crippen LogP contribution in [0.3, 0.4) is 0 Å². The summed E-state index contributed by atoms with van der Waals surface area (Å²) in [7, 11) is 0. The number of piperazine rings is 1. The first-order chi connectivity index (χ1) is 14.0. The van der Waals surface area contributed by atoms with Crippen LogP contribution in [0, 0.1) is 13.8 Å². The molecule has 164 valence electrons. The lowest BCUT2D eigenvalue weighted by Crippen LogP contribution is -2.51. The number of hydrogen-bond acceptors (Lipinski definition) is 5. The Bertz CT molecular complexity index is 908. The lowest BCUT2D eigenvalue weighted by Gasteiger charge is -2.34. The van der Waals surface area contributed by atoms with Gasteiger partial charge in [0.1, 0.15) is 5.76 Å². The Labute approximate surface area is 178 Å². The highest BCUT2D eigenvalue weighted by Crippen LogP contribution is 2.24. The number of carbonyl (C=O) groups is 2.